The Labute approximate surface area is 181 Å². The van der Waals surface area contributed by atoms with Crippen molar-refractivity contribution in [2.75, 3.05) is 13.7 Å². The first-order valence-corrected chi connectivity index (χ1v) is 9.89. The second kappa shape index (κ2) is 9.00. The van der Waals surface area contributed by atoms with Gasteiger partial charge in [-0.25, -0.2) is 0 Å². The lowest BCUT2D eigenvalue weighted by Gasteiger charge is -2.13. The molecule has 3 rings (SSSR count). The number of aryl methyl sites for hydroxylation is 1. The minimum absolute atomic E-state index is 0.207. The van der Waals surface area contributed by atoms with Gasteiger partial charge in [-0.05, 0) is 48.0 Å². The lowest BCUT2D eigenvalue weighted by atomic mass is 10.1. The average molecular weight is 474 g/mol. The van der Waals surface area contributed by atoms with Gasteiger partial charge in [0.05, 0.1) is 23.8 Å². The first-order valence-electron chi connectivity index (χ1n) is 9.10. The highest BCUT2D eigenvalue weighted by atomic mass is 79.9. The van der Waals surface area contributed by atoms with Crippen LogP contribution in [0.5, 0.6) is 11.5 Å². The number of rotatable bonds is 6. The average Bonchev–Trinajstić information content (AvgIpc) is 3.08. The maximum atomic E-state index is 12.6. The third-order valence-corrected chi connectivity index (χ3v) is 4.99. The van der Waals surface area contributed by atoms with E-state index < -0.39 is 17.6 Å². The van der Waals surface area contributed by atoms with Crippen molar-refractivity contribution in [2.24, 2.45) is 0 Å². The van der Waals surface area contributed by atoms with Gasteiger partial charge in [0.2, 0.25) is 0 Å². The summed E-state index contributed by atoms with van der Waals surface area (Å²) in [6.45, 7) is 3.96. The van der Waals surface area contributed by atoms with Gasteiger partial charge in [0.25, 0.3) is 11.7 Å². The van der Waals surface area contributed by atoms with E-state index in [9.17, 15) is 14.4 Å². The summed E-state index contributed by atoms with van der Waals surface area (Å²) in [5.74, 6) is -1.50. The largest absolute Gasteiger partial charge is 0.493 e. The molecular formula is C21H20BrN3O5. The van der Waals surface area contributed by atoms with Crippen LogP contribution in [0.25, 0.3) is 10.9 Å². The van der Waals surface area contributed by atoms with Crippen LogP contribution < -0.4 is 20.3 Å². The molecule has 2 aromatic carbocycles. The quantitative estimate of drug-likeness (QED) is 0.289. The van der Waals surface area contributed by atoms with Crippen LogP contribution in [-0.2, 0) is 4.79 Å². The summed E-state index contributed by atoms with van der Waals surface area (Å²) < 4.78 is 11.3. The molecule has 3 N–H and O–H groups in total. The van der Waals surface area contributed by atoms with Crippen molar-refractivity contribution in [1.82, 2.24) is 15.8 Å². The molecule has 9 heteroatoms. The van der Waals surface area contributed by atoms with Crippen LogP contribution in [-0.4, -0.2) is 36.3 Å². The first kappa shape index (κ1) is 21.4. The van der Waals surface area contributed by atoms with E-state index in [0.29, 0.717) is 33.7 Å². The molecule has 0 spiro atoms. The monoisotopic (exact) mass is 473 g/mol. The molecule has 0 aliphatic carbocycles. The topological polar surface area (TPSA) is 110 Å². The summed E-state index contributed by atoms with van der Waals surface area (Å²) >= 11 is 3.34. The second-order valence-corrected chi connectivity index (χ2v) is 7.18. The van der Waals surface area contributed by atoms with Crippen molar-refractivity contribution in [3.05, 3.63) is 57.7 Å². The zero-order valence-corrected chi connectivity index (χ0v) is 18.2. The van der Waals surface area contributed by atoms with Crippen LogP contribution in [0.1, 0.15) is 33.3 Å². The zero-order chi connectivity index (χ0) is 21.8. The van der Waals surface area contributed by atoms with Crippen LogP contribution in [0.15, 0.2) is 40.9 Å². The van der Waals surface area contributed by atoms with Gasteiger partial charge >= 0.3 is 5.91 Å². The minimum Gasteiger partial charge on any atom is -0.493 e. The SMILES string of the molecule is CCOc1c(Br)cc(C(=O)NNC(=O)C(=O)c2c(C)[nH]c3ccccc23)cc1OC. The van der Waals surface area contributed by atoms with E-state index in [1.54, 1.807) is 19.1 Å². The predicted octanol–water partition coefficient (Wildman–Crippen LogP) is 3.29. The number of methoxy groups -OCH3 is 1. The van der Waals surface area contributed by atoms with Gasteiger partial charge in [-0.15, -0.1) is 0 Å². The number of Topliss-reactive ketones (excluding diaryl/α,β-unsaturated/α-hetero) is 1. The molecule has 30 heavy (non-hydrogen) atoms. The highest BCUT2D eigenvalue weighted by Gasteiger charge is 2.23. The number of carbonyl (C=O) groups is 3. The van der Waals surface area contributed by atoms with Gasteiger partial charge in [-0.2, -0.15) is 0 Å². The van der Waals surface area contributed by atoms with E-state index in [1.165, 1.54) is 19.2 Å². The van der Waals surface area contributed by atoms with E-state index in [2.05, 4.69) is 31.8 Å². The number of benzene rings is 2. The first-order chi connectivity index (χ1) is 14.4. The molecule has 0 fully saturated rings. The number of ketones is 1. The number of H-pyrrole nitrogens is 1. The molecule has 0 bridgehead atoms. The fourth-order valence-corrected chi connectivity index (χ4v) is 3.62. The lowest BCUT2D eigenvalue weighted by molar-refractivity contribution is -0.117. The van der Waals surface area contributed by atoms with Gasteiger partial charge in [0, 0.05) is 22.2 Å². The Morgan fingerprint density at radius 1 is 1.13 bits per heavy atom. The van der Waals surface area contributed by atoms with E-state index >= 15 is 0 Å². The molecule has 8 nitrogen and oxygen atoms in total. The number of carbonyl (C=O) groups excluding carboxylic acids is 3. The normalized spacial score (nSPS) is 10.5. The Kier molecular flexibility index (Phi) is 6.41. The number of hydrogen-bond acceptors (Lipinski definition) is 5. The Morgan fingerprint density at radius 3 is 2.57 bits per heavy atom. The molecule has 0 unspecified atom stereocenters. The van der Waals surface area contributed by atoms with Gasteiger partial charge in [-0.1, -0.05) is 18.2 Å². The van der Waals surface area contributed by atoms with Gasteiger partial charge in [0.1, 0.15) is 0 Å². The van der Waals surface area contributed by atoms with Gasteiger partial charge in [0.15, 0.2) is 11.5 Å². The Morgan fingerprint density at radius 2 is 1.87 bits per heavy atom. The number of amides is 2. The second-order valence-electron chi connectivity index (χ2n) is 6.33. The van der Waals surface area contributed by atoms with Crippen molar-refractivity contribution in [3.8, 4) is 11.5 Å². The number of aromatic amines is 1. The lowest BCUT2D eigenvalue weighted by Crippen LogP contribution is -2.45. The van der Waals surface area contributed by atoms with Crippen LogP contribution in [0.2, 0.25) is 0 Å². The predicted molar refractivity (Wildman–Crippen MR) is 115 cm³/mol. The number of aromatic nitrogens is 1. The van der Waals surface area contributed by atoms with E-state index in [1.807, 2.05) is 19.1 Å². The van der Waals surface area contributed by atoms with Crippen molar-refractivity contribution in [3.63, 3.8) is 0 Å². The van der Waals surface area contributed by atoms with E-state index in [-0.39, 0.29) is 11.1 Å². The summed E-state index contributed by atoms with van der Waals surface area (Å²) in [6.07, 6.45) is 0. The van der Waals surface area contributed by atoms with Crippen molar-refractivity contribution in [1.29, 1.82) is 0 Å². The summed E-state index contributed by atoms with van der Waals surface area (Å²) in [4.78, 5) is 40.5. The van der Waals surface area contributed by atoms with Gasteiger partial charge in [-0.3, -0.25) is 25.2 Å². The minimum atomic E-state index is -0.951. The molecule has 3 aromatic rings. The standard InChI is InChI=1S/C21H20BrN3O5/c1-4-30-19-14(22)9-12(10-16(19)29-3)20(27)24-25-21(28)18(26)17-11(2)23-15-8-6-5-7-13(15)17/h5-10,23H,4H2,1-3H3,(H,24,27)(H,25,28). The molecule has 0 radical (unpaired) electrons. The highest BCUT2D eigenvalue weighted by Crippen LogP contribution is 2.36. The molecule has 0 saturated carbocycles. The van der Waals surface area contributed by atoms with Crippen molar-refractivity contribution < 1.29 is 23.9 Å². The Hall–Kier alpha value is -3.33. The number of fused-ring (bicyclic) bond motifs is 1. The molecule has 1 aromatic heterocycles. The summed E-state index contributed by atoms with van der Waals surface area (Å²) in [6, 6.07) is 10.2. The maximum absolute atomic E-state index is 12.6. The molecule has 2 amide bonds. The summed E-state index contributed by atoms with van der Waals surface area (Å²) in [7, 11) is 1.45. The highest BCUT2D eigenvalue weighted by molar-refractivity contribution is 9.10. The molecule has 0 saturated heterocycles. The van der Waals surface area contributed by atoms with Gasteiger partial charge < -0.3 is 14.5 Å². The van der Waals surface area contributed by atoms with Crippen LogP contribution in [0.4, 0.5) is 0 Å². The molecule has 1 heterocycles. The van der Waals surface area contributed by atoms with Crippen LogP contribution in [0, 0.1) is 6.92 Å². The molecule has 0 aliphatic rings. The van der Waals surface area contributed by atoms with E-state index in [4.69, 9.17) is 9.47 Å². The maximum Gasteiger partial charge on any atom is 0.310 e. The fraction of sp³-hybridized carbons (Fsp3) is 0.190. The van der Waals surface area contributed by atoms with Crippen LogP contribution in [0.3, 0.4) is 0 Å². The van der Waals surface area contributed by atoms with E-state index in [0.717, 1.165) is 5.52 Å². The fourth-order valence-electron chi connectivity index (χ4n) is 3.06. The smallest absolute Gasteiger partial charge is 0.310 e. The third-order valence-electron chi connectivity index (χ3n) is 4.40. The third kappa shape index (κ3) is 4.16. The van der Waals surface area contributed by atoms with Crippen molar-refractivity contribution in [2.45, 2.75) is 13.8 Å². The zero-order valence-electron chi connectivity index (χ0n) is 16.6. The summed E-state index contributed by atoms with van der Waals surface area (Å²) in [5.41, 5.74) is 6.22. The Bertz CT molecular complexity index is 1140. The molecule has 156 valence electrons. The number of nitrogens with one attached hydrogen (secondary N) is 3. The molecule has 0 aliphatic heterocycles. The van der Waals surface area contributed by atoms with Crippen LogP contribution >= 0.6 is 15.9 Å². The number of hydrogen-bond donors (Lipinski definition) is 3. The number of para-hydroxylation sites is 1. The number of halogens is 1. The number of ether oxygens (including phenoxy) is 2. The van der Waals surface area contributed by atoms with Crippen molar-refractivity contribution >= 4 is 44.4 Å². The number of hydrazine groups is 1. The molecular weight excluding hydrogens is 454 g/mol. The summed E-state index contributed by atoms with van der Waals surface area (Å²) in [5, 5.41) is 0.640. The molecule has 0 atom stereocenters. The Balaban J connectivity index is 1.74.